The molecule has 0 unspecified atom stereocenters. The van der Waals surface area contributed by atoms with E-state index in [1.54, 1.807) is 0 Å². The van der Waals surface area contributed by atoms with Crippen LogP contribution >= 0.6 is 0 Å². The summed E-state index contributed by atoms with van der Waals surface area (Å²) in [6, 6.07) is 0. The fourth-order valence-corrected chi connectivity index (χ4v) is 0.575. The molecule has 0 bridgehead atoms. The minimum atomic E-state index is -1.28. The van der Waals surface area contributed by atoms with Crippen molar-refractivity contribution in [2.24, 2.45) is 0 Å². The topological polar surface area (TPSA) is 20.3 Å². The molecule has 0 amide bonds. The fourth-order valence-electron chi connectivity index (χ4n) is 0.575. The molecular weight excluding hydrogens is 133 g/mol. The highest BCUT2D eigenvalue weighted by molar-refractivity contribution is 5.80. The summed E-state index contributed by atoms with van der Waals surface area (Å²) in [6.07, 6.45) is -0.968. The van der Waals surface area contributed by atoms with E-state index >= 15 is 0 Å². The quantitative estimate of drug-likeness (QED) is 0.588. The van der Waals surface area contributed by atoms with E-state index in [0.717, 1.165) is 0 Å². The van der Waals surface area contributed by atoms with E-state index in [4.69, 9.17) is 0 Å². The predicted molar refractivity (Wildman–Crippen MR) is 38.7 cm³/mol. The molecule has 0 rings (SSSR count). The highest BCUT2D eigenvalue weighted by Crippen LogP contribution is 1.99. The number of rotatable bonds is 4. The standard InChI is InChI=1S/C7H14FNO/c1-6(10)7(8)4-5-9(2)3/h7H,4-5H2,1-3H3/t7-/m0/s1. The first-order chi connectivity index (χ1) is 4.54. The summed E-state index contributed by atoms with van der Waals surface area (Å²) < 4.78 is 12.5. The SMILES string of the molecule is CC(=O)[C@@H](F)CCN(C)C. The Hall–Kier alpha value is -0.440. The first-order valence-electron chi connectivity index (χ1n) is 3.33. The van der Waals surface area contributed by atoms with Crippen molar-refractivity contribution in [3.8, 4) is 0 Å². The van der Waals surface area contributed by atoms with Crippen LogP contribution in [0.3, 0.4) is 0 Å². The smallest absolute Gasteiger partial charge is 0.163 e. The van der Waals surface area contributed by atoms with Gasteiger partial charge in [0, 0.05) is 6.54 Å². The Morgan fingerprint density at radius 3 is 2.40 bits per heavy atom. The van der Waals surface area contributed by atoms with Gasteiger partial charge in [-0.15, -0.1) is 0 Å². The molecule has 0 spiro atoms. The van der Waals surface area contributed by atoms with Crippen molar-refractivity contribution < 1.29 is 9.18 Å². The number of carbonyl (C=O) groups excluding carboxylic acids is 1. The highest BCUT2D eigenvalue weighted by atomic mass is 19.1. The van der Waals surface area contributed by atoms with Crippen LogP contribution in [0.5, 0.6) is 0 Å². The van der Waals surface area contributed by atoms with Crippen LogP contribution in [-0.4, -0.2) is 37.5 Å². The lowest BCUT2D eigenvalue weighted by Crippen LogP contribution is -2.21. The second-order valence-electron chi connectivity index (χ2n) is 2.67. The van der Waals surface area contributed by atoms with Crippen LogP contribution in [0.4, 0.5) is 4.39 Å². The molecule has 0 aromatic heterocycles. The monoisotopic (exact) mass is 147 g/mol. The summed E-state index contributed by atoms with van der Waals surface area (Å²) in [6.45, 7) is 1.90. The third-order valence-electron chi connectivity index (χ3n) is 1.27. The molecule has 0 saturated heterocycles. The van der Waals surface area contributed by atoms with Crippen molar-refractivity contribution in [2.45, 2.75) is 19.5 Å². The molecule has 1 atom stereocenters. The van der Waals surface area contributed by atoms with E-state index in [9.17, 15) is 9.18 Å². The predicted octanol–water partition coefficient (Wildman–Crippen LogP) is 0.865. The molecule has 2 nitrogen and oxygen atoms in total. The van der Waals surface area contributed by atoms with Crippen LogP contribution in [-0.2, 0) is 4.79 Å². The minimum absolute atomic E-state index is 0.308. The van der Waals surface area contributed by atoms with Crippen molar-refractivity contribution in [1.29, 1.82) is 0 Å². The van der Waals surface area contributed by atoms with Crippen LogP contribution < -0.4 is 0 Å². The maximum atomic E-state index is 12.5. The molecule has 0 aliphatic heterocycles. The van der Waals surface area contributed by atoms with Crippen LogP contribution in [0, 0.1) is 0 Å². The third kappa shape index (κ3) is 4.44. The van der Waals surface area contributed by atoms with Gasteiger partial charge >= 0.3 is 0 Å². The average Bonchev–Trinajstić information content (AvgIpc) is 1.82. The molecular formula is C7H14FNO. The highest BCUT2D eigenvalue weighted by Gasteiger charge is 2.11. The van der Waals surface area contributed by atoms with Gasteiger partial charge in [-0.25, -0.2) is 4.39 Å². The van der Waals surface area contributed by atoms with Gasteiger partial charge in [-0.05, 0) is 27.4 Å². The van der Waals surface area contributed by atoms with Crippen molar-refractivity contribution in [3.05, 3.63) is 0 Å². The Morgan fingerprint density at radius 1 is 1.60 bits per heavy atom. The van der Waals surface area contributed by atoms with Gasteiger partial charge < -0.3 is 4.90 Å². The number of hydrogen-bond donors (Lipinski definition) is 0. The molecule has 60 valence electrons. The second-order valence-corrected chi connectivity index (χ2v) is 2.67. The number of Topliss-reactive ketones (excluding diaryl/α,β-unsaturated/α-hetero) is 1. The molecule has 0 N–H and O–H groups in total. The van der Waals surface area contributed by atoms with Gasteiger partial charge in [0.1, 0.15) is 0 Å². The minimum Gasteiger partial charge on any atom is -0.309 e. The lowest BCUT2D eigenvalue weighted by molar-refractivity contribution is -0.121. The molecule has 0 aromatic carbocycles. The molecule has 10 heavy (non-hydrogen) atoms. The normalized spacial score (nSPS) is 13.7. The van der Waals surface area contributed by atoms with Crippen LogP contribution in [0.1, 0.15) is 13.3 Å². The van der Waals surface area contributed by atoms with Gasteiger partial charge in [-0.2, -0.15) is 0 Å². The molecule has 3 heteroatoms. The zero-order valence-corrected chi connectivity index (χ0v) is 6.72. The fraction of sp³-hybridized carbons (Fsp3) is 0.857. The lowest BCUT2D eigenvalue weighted by Gasteiger charge is -2.09. The average molecular weight is 147 g/mol. The molecule has 0 heterocycles. The van der Waals surface area contributed by atoms with Gasteiger partial charge in [0.25, 0.3) is 0 Å². The first-order valence-corrected chi connectivity index (χ1v) is 3.33. The summed E-state index contributed by atoms with van der Waals surface area (Å²) >= 11 is 0. The zero-order chi connectivity index (χ0) is 8.15. The van der Waals surface area contributed by atoms with Gasteiger partial charge in [0.15, 0.2) is 12.0 Å². The lowest BCUT2D eigenvalue weighted by atomic mass is 10.2. The summed E-state index contributed by atoms with van der Waals surface area (Å²) in [4.78, 5) is 12.2. The van der Waals surface area contributed by atoms with Crippen molar-refractivity contribution in [1.82, 2.24) is 4.90 Å². The number of alkyl halides is 1. The molecule has 0 fully saturated rings. The molecule has 0 aliphatic rings. The maximum Gasteiger partial charge on any atom is 0.163 e. The Balaban J connectivity index is 3.40. The molecule has 0 saturated carbocycles. The van der Waals surface area contributed by atoms with E-state index in [1.165, 1.54) is 6.92 Å². The summed E-state index contributed by atoms with van der Waals surface area (Å²) in [5.74, 6) is -0.373. The number of nitrogens with zero attached hydrogens (tertiary/aromatic N) is 1. The third-order valence-corrected chi connectivity index (χ3v) is 1.27. The molecule has 0 aliphatic carbocycles. The summed E-state index contributed by atoms with van der Waals surface area (Å²) in [7, 11) is 3.71. The molecule has 0 radical (unpaired) electrons. The number of carbonyl (C=O) groups is 1. The Labute approximate surface area is 61.0 Å². The second kappa shape index (κ2) is 4.39. The Morgan fingerprint density at radius 2 is 2.10 bits per heavy atom. The number of ketones is 1. The van der Waals surface area contributed by atoms with E-state index < -0.39 is 6.17 Å². The van der Waals surface area contributed by atoms with Gasteiger partial charge in [-0.1, -0.05) is 0 Å². The van der Waals surface area contributed by atoms with Crippen molar-refractivity contribution in [2.75, 3.05) is 20.6 Å². The molecule has 0 aromatic rings. The summed E-state index contributed by atoms with van der Waals surface area (Å²) in [5, 5.41) is 0. The zero-order valence-electron chi connectivity index (χ0n) is 6.72. The van der Waals surface area contributed by atoms with Crippen LogP contribution in [0.25, 0.3) is 0 Å². The van der Waals surface area contributed by atoms with Crippen molar-refractivity contribution >= 4 is 5.78 Å². The van der Waals surface area contributed by atoms with Crippen LogP contribution in [0.2, 0.25) is 0 Å². The summed E-state index contributed by atoms with van der Waals surface area (Å²) in [5.41, 5.74) is 0. The van der Waals surface area contributed by atoms with Crippen molar-refractivity contribution in [3.63, 3.8) is 0 Å². The van der Waals surface area contributed by atoms with Gasteiger partial charge in [0.2, 0.25) is 0 Å². The number of hydrogen-bond acceptors (Lipinski definition) is 2. The van der Waals surface area contributed by atoms with Gasteiger partial charge in [-0.3, -0.25) is 4.79 Å². The van der Waals surface area contributed by atoms with Crippen LogP contribution in [0.15, 0.2) is 0 Å². The van der Waals surface area contributed by atoms with E-state index in [1.807, 2.05) is 19.0 Å². The van der Waals surface area contributed by atoms with E-state index in [0.29, 0.717) is 13.0 Å². The largest absolute Gasteiger partial charge is 0.309 e. The number of halogens is 1. The maximum absolute atomic E-state index is 12.5. The first kappa shape index (κ1) is 9.56. The Kier molecular flexibility index (Phi) is 4.19. The van der Waals surface area contributed by atoms with E-state index in [-0.39, 0.29) is 5.78 Å². The van der Waals surface area contributed by atoms with E-state index in [2.05, 4.69) is 0 Å². The van der Waals surface area contributed by atoms with Gasteiger partial charge in [0.05, 0.1) is 0 Å². The Bertz CT molecular complexity index is 114.